The Morgan fingerprint density at radius 1 is 1.40 bits per heavy atom. The third-order valence-electron chi connectivity index (χ3n) is 3.30. The minimum absolute atomic E-state index is 0.187. The summed E-state index contributed by atoms with van der Waals surface area (Å²) >= 11 is 1.73. The largest absolute Gasteiger partial charge is 0.478 e. The molecule has 0 saturated carbocycles. The van der Waals surface area contributed by atoms with Crippen molar-refractivity contribution in [2.45, 2.75) is 20.4 Å². The summed E-state index contributed by atoms with van der Waals surface area (Å²) in [5, 5.41) is 17.2. The smallest absolute Gasteiger partial charge is 0.338 e. The molecule has 0 aliphatic heterocycles. The van der Waals surface area contributed by atoms with Crippen molar-refractivity contribution in [3.63, 3.8) is 0 Å². The Bertz CT molecular complexity index is 784. The highest BCUT2D eigenvalue weighted by Crippen LogP contribution is 2.23. The fourth-order valence-electron chi connectivity index (χ4n) is 2.16. The molecule has 0 aliphatic carbocycles. The van der Waals surface area contributed by atoms with Gasteiger partial charge in [0.1, 0.15) is 5.52 Å². The number of carbonyl (C=O) groups is 1. The number of benzene rings is 1. The van der Waals surface area contributed by atoms with Gasteiger partial charge in [0.2, 0.25) is 0 Å². The molecule has 0 unspecified atom stereocenters. The van der Waals surface area contributed by atoms with E-state index in [9.17, 15) is 4.79 Å². The molecule has 0 amide bonds. The molecule has 3 aromatic rings. The highest BCUT2D eigenvalue weighted by atomic mass is 32.1. The normalized spacial score (nSPS) is 11.1. The van der Waals surface area contributed by atoms with E-state index in [0.29, 0.717) is 12.1 Å². The Kier molecular flexibility index (Phi) is 3.02. The van der Waals surface area contributed by atoms with Crippen LogP contribution in [0, 0.1) is 13.8 Å². The predicted octanol–water partition coefficient (Wildman–Crippen LogP) is 2.86. The fraction of sp³-hybridized carbons (Fsp3) is 0.214. The van der Waals surface area contributed by atoms with Gasteiger partial charge < -0.3 is 5.11 Å². The third-order valence-corrected chi connectivity index (χ3v) is 4.44. The quantitative estimate of drug-likeness (QED) is 0.804. The lowest BCUT2D eigenvalue weighted by Gasteiger charge is -2.00. The Hall–Kier alpha value is -2.21. The van der Waals surface area contributed by atoms with Gasteiger partial charge in [0.05, 0.1) is 17.6 Å². The van der Waals surface area contributed by atoms with Gasteiger partial charge in [-0.05, 0) is 37.6 Å². The molecule has 3 rings (SSSR count). The molecule has 0 bridgehead atoms. The van der Waals surface area contributed by atoms with Crippen molar-refractivity contribution in [3.8, 4) is 0 Å². The summed E-state index contributed by atoms with van der Waals surface area (Å²) in [6.45, 7) is 4.78. The summed E-state index contributed by atoms with van der Waals surface area (Å²) in [7, 11) is 0. The van der Waals surface area contributed by atoms with Crippen LogP contribution in [0.1, 0.15) is 25.7 Å². The van der Waals surface area contributed by atoms with Crippen molar-refractivity contribution in [2.24, 2.45) is 0 Å². The third kappa shape index (κ3) is 2.08. The van der Waals surface area contributed by atoms with Crippen LogP contribution in [0.15, 0.2) is 24.3 Å². The summed E-state index contributed by atoms with van der Waals surface area (Å²) in [6.07, 6.45) is 0. The number of carboxylic acid groups (broad SMARTS) is 1. The van der Waals surface area contributed by atoms with E-state index in [0.717, 1.165) is 5.52 Å². The number of hydrogen-bond donors (Lipinski definition) is 1. The molecule has 0 saturated heterocycles. The zero-order valence-corrected chi connectivity index (χ0v) is 11.9. The minimum Gasteiger partial charge on any atom is -0.478 e. The van der Waals surface area contributed by atoms with Crippen molar-refractivity contribution in [1.82, 2.24) is 15.0 Å². The second-order valence-electron chi connectivity index (χ2n) is 4.68. The van der Waals surface area contributed by atoms with E-state index >= 15 is 0 Å². The van der Waals surface area contributed by atoms with Gasteiger partial charge in [0.15, 0.2) is 0 Å². The monoisotopic (exact) mass is 287 g/mol. The van der Waals surface area contributed by atoms with Crippen LogP contribution < -0.4 is 0 Å². The lowest BCUT2D eigenvalue weighted by Crippen LogP contribution is -2.00. The number of fused-ring (bicyclic) bond motifs is 1. The molecule has 5 nitrogen and oxygen atoms in total. The van der Waals surface area contributed by atoms with Gasteiger partial charge in [-0.25, -0.2) is 9.48 Å². The minimum atomic E-state index is -0.981. The Morgan fingerprint density at radius 2 is 2.20 bits per heavy atom. The molecule has 0 fully saturated rings. The van der Waals surface area contributed by atoms with E-state index in [1.165, 1.54) is 15.3 Å². The molecule has 20 heavy (non-hydrogen) atoms. The molecule has 2 heterocycles. The zero-order valence-electron chi connectivity index (χ0n) is 11.1. The summed E-state index contributed by atoms with van der Waals surface area (Å²) in [6, 6.07) is 7.24. The molecule has 102 valence electrons. The lowest BCUT2D eigenvalue weighted by atomic mass is 10.2. The van der Waals surface area contributed by atoms with Crippen molar-refractivity contribution < 1.29 is 9.90 Å². The van der Waals surface area contributed by atoms with Crippen LogP contribution in [0.5, 0.6) is 0 Å². The number of nitrogens with zero attached hydrogens (tertiary/aromatic N) is 3. The van der Waals surface area contributed by atoms with Gasteiger partial charge in [-0.2, -0.15) is 0 Å². The molecule has 2 aromatic heterocycles. The Balaban J connectivity index is 2.05. The van der Waals surface area contributed by atoms with Crippen LogP contribution in [-0.4, -0.2) is 26.1 Å². The first-order valence-corrected chi connectivity index (χ1v) is 6.99. The molecule has 0 radical (unpaired) electrons. The van der Waals surface area contributed by atoms with Crippen LogP contribution in [0.4, 0.5) is 0 Å². The molecule has 0 spiro atoms. The summed E-state index contributed by atoms with van der Waals surface area (Å²) in [5.41, 5.74) is 2.63. The maximum absolute atomic E-state index is 11.2. The van der Waals surface area contributed by atoms with Crippen LogP contribution in [-0.2, 0) is 6.54 Å². The average Bonchev–Trinajstić information content (AvgIpc) is 2.94. The van der Waals surface area contributed by atoms with Crippen molar-refractivity contribution in [2.75, 3.05) is 0 Å². The highest BCUT2D eigenvalue weighted by molar-refractivity contribution is 7.12. The van der Waals surface area contributed by atoms with E-state index in [2.05, 4.69) is 30.2 Å². The number of aromatic carboxylic acids is 1. The maximum atomic E-state index is 11.2. The van der Waals surface area contributed by atoms with E-state index < -0.39 is 5.97 Å². The van der Waals surface area contributed by atoms with Crippen LogP contribution >= 0.6 is 11.3 Å². The number of carboxylic acids is 1. The number of rotatable bonds is 3. The second-order valence-corrected chi connectivity index (χ2v) is 6.02. The number of thiophene rings is 1. The summed E-state index contributed by atoms with van der Waals surface area (Å²) < 4.78 is 1.74. The average molecular weight is 287 g/mol. The molecular weight excluding hydrogens is 274 g/mol. The van der Waals surface area contributed by atoms with E-state index in [1.807, 2.05) is 6.07 Å². The SMILES string of the molecule is Cc1cc(Cn2nnc3c(C(=O)O)cccc32)sc1C. The first-order valence-electron chi connectivity index (χ1n) is 6.17. The van der Waals surface area contributed by atoms with Gasteiger partial charge >= 0.3 is 5.97 Å². The van der Waals surface area contributed by atoms with Crippen molar-refractivity contribution >= 4 is 28.3 Å². The standard InChI is InChI=1S/C14H13N3O2S/c1-8-6-10(20-9(8)2)7-17-12-5-3-4-11(14(18)19)13(12)15-16-17/h3-6H,7H2,1-2H3,(H,18,19). The molecular formula is C14H13N3O2S. The maximum Gasteiger partial charge on any atom is 0.338 e. The topological polar surface area (TPSA) is 68.0 Å². The van der Waals surface area contributed by atoms with E-state index in [1.54, 1.807) is 28.2 Å². The Labute approximate surface area is 119 Å². The number of aryl methyl sites for hydroxylation is 2. The van der Waals surface area contributed by atoms with Gasteiger partial charge in [-0.15, -0.1) is 16.4 Å². The van der Waals surface area contributed by atoms with Gasteiger partial charge in [0.25, 0.3) is 0 Å². The van der Waals surface area contributed by atoms with Crippen molar-refractivity contribution in [3.05, 3.63) is 45.1 Å². The van der Waals surface area contributed by atoms with Gasteiger partial charge in [0, 0.05) is 9.75 Å². The molecule has 1 aromatic carbocycles. The zero-order chi connectivity index (χ0) is 14.3. The molecule has 6 heteroatoms. The summed E-state index contributed by atoms with van der Waals surface area (Å²) in [4.78, 5) is 13.6. The van der Waals surface area contributed by atoms with E-state index in [4.69, 9.17) is 5.11 Å². The summed E-state index contributed by atoms with van der Waals surface area (Å²) in [5.74, 6) is -0.981. The lowest BCUT2D eigenvalue weighted by molar-refractivity contribution is 0.0699. The number of hydrogen-bond acceptors (Lipinski definition) is 4. The molecule has 0 aliphatic rings. The highest BCUT2D eigenvalue weighted by Gasteiger charge is 2.14. The van der Waals surface area contributed by atoms with Crippen molar-refractivity contribution in [1.29, 1.82) is 0 Å². The van der Waals surface area contributed by atoms with Crippen LogP contribution in [0.2, 0.25) is 0 Å². The predicted molar refractivity (Wildman–Crippen MR) is 77.4 cm³/mol. The first-order chi connectivity index (χ1) is 9.56. The fourth-order valence-corrected chi connectivity index (χ4v) is 3.19. The van der Waals surface area contributed by atoms with Gasteiger partial charge in [-0.3, -0.25) is 0 Å². The number of aromatic nitrogens is 3. The van der Waals surface area contributed by atoms with E-state index in [-0.39, 0.29) is 5.56 Å². The van der Waals surface area contributed by atoms with Crippen LogP contribution in [0.25, 0.3) is 11.0 Å². The van der Waals surface area contributed by atoms with Crippen LogP contribution in [0.3, 0.4) is 0 Å². The van der Waals surface area contributed by atoms with Gasteiger partial charge in [-0.1, -0.05) is 11.3 Å². The molecule has 1 N–H and O–H groups in total. The second kappa shape index (κ2) is 4.72. The molecule has 0 atom stereocenters. The first kappa shape index (κ1) is 12.8. The Morgan fingerprint density at radius 3 is 2.85 bits per heavy atom.